The lowest BCUT2D eigenvalue weighted by Gasteiger charge is -2.05. The van der Waals surface area contributed by atoms with Crippen LogP contribution in [-0.2, 0) is 24.1 Å². The number of carbonyl (C=O) groups is 1. The Hall–Kier alpha value is -2.55. The fourth-order valence-electron chi connectivity index (χ4n) is 3.32. The average molecular weight is 335 g/mol. The van der Waals surface area contributed by atoms with E-state index >= 15 is 0 Å². The topological polar surface area (TPSA) is 53.1 Å². The molecule has 0 unspecified atom stereocenters. The number of unbranched alkanes of at least 4 members (excludes halogenated alkanes) is 1. The van der Waals surface area contributed by atoms with Gasteiger partial charge in [0.05, 0.1) is 12.1 Å². The Balaban J connectivity index is 2.10. The molecule has 3 aromatic rings. The molecule has 2 aromatic carbocycles. The van der Waals surface area contributed by atoms with Gasteiger partial charge in [-0.3, -0.25) is 4.79 Å². The molecule has 3 rings (SSSR count). The molecule has 25 heavy (non-hydrogen) atoms. The van der Waals surface area contributed by atoms with Crippen LogP contribution in [0.15, 0.2) is 42.5 Å². The van der Waals surface area contributed by atoms with Gasteiger partial charge in [0.15, 0.2) is 0 Å². The van der Waals surface area contributed by atoms with Crippen molar-refractivity contribution in [2.75, 3.05) is 0 Å². The summed E-state index contributed by atoms with van der Waals surface area (Å²) >= 11 is 0. The van der Waals surface area contributed by atoms with E-state index in [1.807, 2.05) is 0 Å². The monoisotopic (exact) mass is 335 g/mol. The highest BCUT2D eigenvalue weighted by Gasteiger charge is 2.16. The number of aromatic nitrogens is 1. The molecule has 0 bridgehead atoms. The fraction of sp³-hybridized carbons (Fsp3) is 0.318. The predicted octanol–water partition coefficient (Wildman–Crippen LogP) is 5.37. The number of aryl methyl sites for hydroxylation is 2. The molecule has 0 radical (unpaired) electrons. The zero-order chi connectivity index (χ0) is 17.8. The van der Waals surface area contributed by atoms with Crippen LogP contribution in [0.2, 0.25) is 0 Å². The van der Waals surface area contributed by atoms with Gasteiger partial charge in [-0.1, -0.05) is 50.6 Å². The number of aliphatic carboxylic acids is 1. The SMILES string of the molecule is CCCCc1ccc2[nH]c(-c3ccc(CC)cc3)c(CC(=O)O)c2c1. The van der Waals surface area contributed by atoms with Gasteiger partial charge in [0, 0.05) is 10.9 Å². The summed E-state index contributed by atoms with van der Waals surface area (Å²) in [5.74, 6) is -0.800. The highest BCUT2D eigenvalue weighted by Crippen LogP contribution is 2.32. The third-order valence-electron chi connectivity index (χ3n) is 4.77. The molecule has 0 amide bonds. The van der Waals surface area contributed by atoms with Crippen molar-refractivity contribution in [2.24, 2.45) is 0 Å². The number of H-pyrrole nitrogens is 1. The van der Waals surface area contributed by atoms with Crippen molar-refractivity contribution in [1.29, 1.82) is 0 Å². The standard InChI is InChI=1S/C22H25NO2/c1-3-5-6-16-9-12-20-18(13-16)19(14-21(24)25)22(23-20)17-10-7-15(4-2)8-11-17/h7-13,23H,3-6,14H2,1-2H3,(H,24,25). The molecule has 130 valence electrons. The van der Waals surface area contributed by atoms with Gasteiger partial charge >= 0.3 is 5.97 Å². The average Bonchev–Trinajstić information content (AvgIpc) is 2.97. The minimum Gasteiger partial charge on any atom is -0.481 e. The maximum Gasteiger partial charge on any atom is 0.307 e. The maximum atomic E-state index is 11.4. The molecule has 1 heterocycles. The van der Waals surface area contributed by atoms with E-state index in [1.54, 1.807) is 0 Å². The molecular formula is C22H25NO2. The van der Waals surface area contributed by atoms with Gasteiger partial charge in [-0.2, -0.15) is 0 Å². The molecule has 0 fully saturated rings. The number of fused-ring (bicyclic) bond motifs is 1. The largest absolute Gasteiger partial charge is 0.481 e. The highest BCUT2D eigenvalue weighted by atomic mass is 16.4. The quantitative estimate of drug-likeness (QED) is 0.610. The van der Waals surface area contributed by atoms with Gasteiger partial charge in [0.1, 0.15) is 0 Å². The van der Waals surface area contributed by atoms with Gasteiger partial charge < -0.3 is 10.1 Å². The molecule has 0 aliphatic heterocycles. The molecule has 3 heteroatoms. The fourth-order valence-corrected chi connectivity index (χ4v) is 3.32. The van der Waals surface area contributed by atoms with Gasteiger partial charge in [0.2, 0.25) is 0 Å². The van der Waals surface area contributed by atoms with Gasteiger partial charge in [-0.05, 0) is 53.6 Å². The van der Waals surface area contributed by atoms with Crippen molar-refractivity contribution in [3.05, 3.63) is 59.2 Å². The zero-order valence-electron chi connectivity index (χ0n) is 14.9. The van der Waals surface area contributed by atoms with E-state index in [0.717, 1.165) is 53.4 Å². The van der Waals surface area contributed by atoms with E-state index in [0.29, 0.717) is 0 Å². The normalized spacial score (nSPS) is 11.1. The second-order valence-corrected chi connectivity index (χ2v) is 6.58. The molecule has 0 aliphatic rings. The van der Waals surface area contributed by atoms with Crippen LogP contribution in [0, 0.1) is 0 Å². The summed E-state index contributed by atoms with van der Waals surface area (Å²) in [6, 6.07) is 14.7. The lowest BCUT2D eigenvalue weighted by molar-refractivity contribution is -0.136. The summed E-state index contributed by atoms with van der Waals surface area (Å²) in [5.41, 5.74) is 6.40. The molecule has 0 atom stereocenters. The van der Waals surface area contributed by atoms with Gasteiger partial charge in [-0.15, -0.1) is 0 Å². The van der Waals surface area contributed by atoms with E-state index in [-0.39, 0.29) is 6.42 Å². The Kier molecular flexibility index (Phi) is 5.22. The van der Waals surface area contributed by atoms with E-state index < -0.39 is 5.97 Å². The summed E-state index contributed by atoms with van der Waals surface area (Å²) in [6.07, 6.45) is 4.36. The summed E-state index contributed by atoms with van der Waals surface area (Å²) in [5, 5.41) is 10.4. The number of hydrogen-bond acceptors (Lipinski definition) is 1. The second kappa shape index (κ2) is 7.56. The first-order valence-electron chi connectivity index (χ1n) is 9.07. The first-order valence-corrected chi connectivity index (χ1v) is 9.07. The van der Waals surface area contributed by atoms with Crippen molar-refractivity contribution in [3.8, 4) is 11.3 Å². The third-order valence-corrected chi connectivity index (χ3v) is 4.77. The number of carboxylic acid groups (broad SMARTS) is 1. The third kappa shape index (κ3) is 3.76. The lowest BCUT2D eigenvalue weighted by atomic mass is 9.99. The Labute approximate surface area is 148 Å². The predicted molar refractivity (Wildman–Crippen MR) is 103 cm³/mol. The first kappa shape index (κ1) is 17.3. The van der Waals surface area contributed by atoms with Crippen molar-refractivity contribution in [2.45, 2.75) is 46.0 Å². The molecule has 0 saturated carbocycles. The molecule has 0 spiro atoms. The van der Waals surface area contributed by atoms with Crippen LogP contribution in [-0.4, -0.2) is 16.1 Å². The Morgan fingerprint density at radius 2 is 1.76 bits per heavy atom. The van der Waals surface area contributed by atoms with E-state index in [4.69, 9.17) is 0 Å². The molecule has 1 aromatic heterocycles. The number of hydrogen-bond donors (Lipinski definition) is 2. The van der Waals surface area contributed by atoms with Crippen molar-refractivity contribution in [1.82, 2.24) is 4.98 Å². The Morgan fingerprint density at radius 3 is 2.40 bits per heavy atom. The minimum absolute atomic E-state index is 0.0299. The smallest absolute Gasteiger partial charge is 0.307 e. The van der Waals surface area contributed by atoms with Crippen LogP contribution in [0.3, 0.4) is 0 Å². The zero-order valence-corrected chi connectivity index (χ0v) is 14.9. The van der Waals surface area contributed by atoms with Gasteiger partial charge in [0.25, 0.3) is 0 Å². The van der Waals surface area contributed by atoms with E-state index in [1.165, 1.54) is 11.1 Å². The van der Waals surface area contributed by atoms with Crippen LogP contribution >= 0.6 is 0 Å². The molecule has 3 nitrogen and oxygen atoms in total. The van der Waals surface area contributed by atoms with Crippen molar-refractivity contribution >= 4 is 16.9 Å². The summed E-state index contributed by atoms with van der Waals surface area (Å²) in [7, 11) is 0. The van der Waals surface area contributed by atoms with Crippen LogP contribution < -0.4 is 0 Å². The Morgan fingerprint density at radius 1 is 1.04 bits per heavy atom. The Bertz CT molecular complexity index is 875. The highest BCUT2D eigenvalue weighted by molar-refractivity contribution is 5.94. The number of rotatable bonds is 7. The van der Waals surface area contributed by atoms with Gasteiger partial charge in [-0.25, -0.2) is 0 Å². The minimum atomic E-state index is -0.800. The number of nitrogens with one attached hydrogen (secondary N) is 1. The summed E-state index contributed by atoms with van der Waals surface area (Å²) < 4.78 is 0. The van der Waals surface area contributed by atoms with Crippen molar-refractivity contribution < 1.29 is 9.90 Å². The number of benzene rings is 2. The van der Waals surface area contributed by atoms with E-state index in [2.05, 4.69) is 61.3 Å². The first-order chi connectivity index (χ1) is 12.1. The lowest BCUT2D eigenvalue weighted by Crippen LogP contribution is -2.01. The molecule has 0 aliphatic carbocycles. The number of carboxylic acids is 1. The van der Waals surface area contributed by atoms with Crippen LogP contribution in [0.5, 0.6) is 0 Å². The molecule has 2 N–H and O–H groups in total. The molecular weight excluding hydrogens is 310 g/mol. The van der Waals surface area contributed by atoms with Crippen LogP contribution in [0.4, 0.5) is 0 Å². The maximum absolute atomic E-state index is 11.4. The second-order valence-electron chi connectivity index (χ2n) is 6.58. The van der Waals surface area contributed by atoms with Crippen molar-refractivity contribution in [3.63, 3.8) is 0 Å². The molecule has 0 saturated heterocycles. The van der Waals surface area contributed by atoms with E-state index in [9.17, 15) is 9.90 Å². The number of aromatic amines is 1. The van der Waals surface area contributed by atoms with Crippen LogP contribution in [0.25, 0.3) is 22.2 Å². The van der Waals surface area contributed by atoms with Crippen LogP contribution in [0.1, 0.15) is 43.4 Å². The summed E-state index contributed by atoms with van der Waals surface area (Å²) in [4.78, 5) is 14.9. The summed E-state index contributed by atoms with van der Waals surface area (Å²) in [6.45, 7) is 4.31.